The molecule has 2 aromatic rings. The molecule has 2 aromatic heterocycles. The van der Waals surface area contributed by atoms with Gasteiger partial charge in [0.2, 0.25) is 0 Å². The van der Waals surface area contributed by atoms with Crippen molar-refractivity contribution in [3.63, 3.8) is 0 Å². The number of rotatable bonds is 4. The number of alkyl halides is 2. The third-order valence-electron chi connectivity index (χ3n) is 2.90. The standard InChI is InChI=1S/C13H14F2N4O2.ClH/c1-8-2-3-10-17-4-9(12(21)19(10)5-8)11(20)18-7-13(14,15)6-16;/h2-5H,6-7,16H2,1H3,(H,18,20);1H. The van der Waals surface area contributed by atoms with E-state index < -0.39 is 30.5 Å². The van der Waals surface area contributed by atoms with Crippen LogP contribution in [-0.2, 0) is 0 Å². The second kappa shape index (κ2) is 6.80. The summed E-state index contributed by atoms with van der Waals surface area (Å²) in [6.45, 7) is -0.0415. The molecule has 0 aliphatic heterocycles. The summed E-state index contributed by atoms with van der Waals surface area (Å²) in [6, 6.07) is 3.39. The number of nitrogens with one attached hydrogen (secondary N) is 1. The zero-order valence-corrected chi connectivity index (χ0v) is 12.5. The third-order valence-corrected chi connectivity index (χ3v) is 2.90. The van der Waals surface area contributed by atoms with Crippen molar-refractivity contribution < 1.29 is 13.6 Å². The normalized spacial score (nSPS) is 11.1. The molecule has 22 heavy (non-hydrogen) atoms. The van der Waals surface area contributed by atoms with E-state index in [2.05, 4.69) is 4.98 Å². The van der Waals surface area contributed by atoms with Crippen molar-refractivity contribution in [2.45, 2.75) is 12.8 Å². The molecular weight excluding hydrogens is 318 g/mol. The first kappa shape index (κ1) is 18.0. The Morgan fingerprint density at radius 2 is 2.14 bits per heavy atom. The lowest BCUT2D eigenvalue weighted by Gasteiger charge is -2.14. The Hall–Kier alpha value is -2.06. The predicted molar refractivity (Wildman–Crippen MR) is 79.8 cm³/mol. The smallest absolute Gasteiger partial charge is 0.277 e. The monoisotopic (exact) mass is 332 g/mol. The minimum absolute atomic E-state index is 0. The third kappa shape index (κ3) is 3.77. The Labute approximate surface area is 130 Å². The zero-order valence-electron chi connectivity index (χ0n) is 11.7. The van der Waals surface area contributed by atoms with Crippen molar-refractivity contribution in [3.8, 4) is 0 Å². The lowest BCUT2D eigenvalue weighted by Crippen LogP contribution is -2.43. The molecule has 2 rings (SSSR count). The highest BCUT2D eigenvalue weighted by molar-refractivity contribution is 5.93. The van der Waals surface area contributed by atoms with Crippen LogP contribution in [0.3, 0.4) is 0 Å². The van der Waals surface area contributed by atoms with E-state index in [0.29, 0.717) is 5.65 Å². The first-order chi connectivity index (χ1) is 9.84. The van der Waals surface area contributed by atoms with Crippen molar-refractivity contribution in [2.75, 3.05) is 13.1 Å². The quantitative estimate of drug-likeness (QED) is 0.864. The van der Waals surface area contributed by atoms with E-state index in [1.807, 2.05) is 5.32 Å². The van der Waals surface area contributed by atoms with Crippen molar-refractivity contribution >= 4 is 24.0 Å². The lowest BCUT2D eigenvalue weighted by atomic mass is 10.2. The predicted octanol–water partition coefficient (Wildman–Crippen LogP) is 0.749. The van der Waals surface area contributed by atoms with E-state index in [-0.39, 0.29) is 18.0 Å². The van der Waals surface area contributed by atoms with Gasteiger partial charge in [-0.05, 0) is 18.6 Å². The van der Waals surface area contributed by atoms with Gasteiger partial charge >= 0.3 is 0 Å². The van der Waals surface area contributed by atoms with Gasteiger partial charge in [0.25, 0.3) is 17.4 Å². The molecule has 2 heterocycles. The first-order valence-electron chi connectivity index (χ1n) is 6.18. The summed E-state index contributed by atoms with van der Waals surface area (Å²) < 4.78 is 27.2. The number of halogens is 3. The molecule has 0 aromatic carbocycles. The maximum absolute atomic E-state index is 13.0. The summed E-state index contributed by atoms with van der Waals surface area (Å²) in [6.07, 6.45) is 2.60. The van der Waals surface area contributed by atoms with Gasteiger partial charge in [0, 0.05) is 12.4 Å². The van der Waals surface area contributed by atoms with E-state index in [4.69, 9.17) is 5.73 Å². The number of hydrogen-bond donors (Lipinski definition) is 2. The minimum atomic E-state index is -3.22. The molecule has 0 saturated carbocycles. The molecule has 0 fully saturated rings. The molecule has 6 nitrogen and oxygen atoms in total. The van der Waals surface area contributed by atoms with Gasteiger partial charge in [0.15, 0.2) is 0 Å². The van der Waals surface area contributed by atoms with Crippen molar-refractivity contribution in [2.24, 2.45) is 5.73 Å². The van der Waals surface area contributed by atoms with E-state index >= 15 is 0 Å². The van der Waals surface area contributed by atoms with Gasteiger partial charge in [-0.2, -0.15) is 0 Å². The first-order valence-corrected chi connectivity index (χ1v) is 6.18. The van der Waals surface area contributed by atoms with Crippen molar-refractivity contribution in [1.82, 2.24) is 14.7 Å². The van der Waals surface area contributed by atoms with Gasteiger partial charge < -0.3 is 11.1 Å². The van der Waals surface area contributed by atoms with E-state index in [1.165, 1.54) is 10.6 Å². The number of amides is 1. The fourth-order valence-electron chi connectivity index (χ4n) is 1.72. The largest absolute Gasteiger partial charge is 0.346 e. The summed E-state index contributed by atoms with van der Waals surface area (Å²) in [5.41, 5.74) is 5.13. The minimum Gasteiger partial charge on any atom is -0.346 e. The number of carbonyl (C=O) groups excluding carboxylic acids is 1. The summed E-state index contributed by atoms with van der Waals surface area (Å²) >= 11 is 0. The number of nitrogens with zero attached hydrogens (tertiary/aromatic N) is 2. The Kier molecular flexibility index (Phi) is 5.56. The maximum Gasteiger partial charge on any atom is 0.277 e. The molecule has 0 spiro atoms. The number of aryl methyl sites for hydroxylation is 1. The van der Waals surface area contributed by atoms with Gasteiger partial charge in [-0.1, -0.05) is 6.07 Å². The van der Waals surface area contributed by atoms with Crippen LogP contribution in [0, 0.1) is 6.92 Å². The van der Waals surface area contributed by atoms with E-state index in [9.17, 15) is 18.4 Å². The number of aromatic nitrogens is 2. The zero-order chi connectivity index (χ0) is 15.6. The van der Waals surface area contributed by atoms with Crippen LogP contribution in [0.4, 0.5) is 8.78 Å². The lowest BCUT2D eigenvalue weighted by molar-refractivity contribution is 0.0118. The molecule has 0 unspecified atom stereocenters. The number of carbonyl (C=O) groups is 1. The molecule has 0 bridgehead atoms. The fourth-order valence-corrected chi connectivity index (χ4v) is 1.72. The highest BCUT2D eigenvalue weighted by Gasteiger charge is 2.28. The van der Waals surface area contributed by atoms with Gasteiger partial charge in [-0.25, -0.2) is 13.8 Å². The summed E-state index contributed by atoms with van der Waals surface area (Å²) in [7, 11) is 0. The average Bonchev–Trinajstić information content (AvgIpc) is 2.46. The second-order valence-electron chi connectivity index (χ2n) is 4.65. The summed E-state index contributed by atoms with van der Waals surface area (Å²) in [5.74, 6) is -4.12. The molecule has 0 atom stereocenters. The molecular formula is C13H15ClF2N4O2. The Balaban J connectivity index is 0.00000242. The van der Waals surface area contributed by atoms with Crippen molar-refractivity contribution in [3.05, 3.63) is 46.0 Å². The molecule has 0 aliphatic rings. The molecule has 120 valence electrons. The number of pyridine rings is 1. The highest BCUT2D eigenvalue weighted by Crippen LogP contribution is 2.09. The fraction of sp³-hybridized carbons (Fsp3) is 0.308. The number of fused-ring (bicyclic) bond motifs is 1. The van der Waals surface area contributed by atoms with E-state index in [1.54, 1.807) is 19.1 Å². The Bertz CT molecular complexity index is 748. The van der Waals surface area contributed by atoms with Crippen LogP contribution in [0.15, 0.2) is 29.3 Å². The van der Waals surface area contributed by atoms with Crippen LogP contribution in [-0.4, -0.2) is 34.3 Å². The molecule has 0 aliphatic carbocycles. The van der Waals surface area contributed by atoms with E-state index in [0.717, 1.165) is 11.8 Å². The van der Waals surface area contributed by atoms with Crippen LogP contribution < -0.4 is 16.6 Å². The summed E-state index contributed by atoms with van der Waals surface area (Å²) in [4.78, 5) is 27.9. The molecule has 1 amide bonds. The molecule has 0 saturated heterocycles. The van der Waals surface area contributed by atoms with Gasteiger partial charge in [0.1, 0.15) is 11.2 Å². The molecule has 3 N–H and O–H groups in total. The SMILES string of the molecule is Cc1ccc2ncc(C(=O)NCC(F)(F)CN)c(=O)n2c1.Cl. The molecule has 9 heteroatoms. The van der Waals surface area contributed by atoms with Crippen LogP contribution in [0.5, 0.6) is 0 Å². The Morgan fingerprint density at radius 1 is 1.45 bits per heavy atom. The van der Waals surface area contributed by atoms with Crippen LogP contribution >= 0.6 is 12.4 Å². The maximum atomic E-state index is 13.0. The summed E-state index contributed by atoms with van der Waals surface area (Å²) in [5, 5.41) is 1.99. The number of nitrogens with two attached hydrogens (primary N) is 1. The van der Waals surface area contributed by atoms with Crippen LogP contribution in [0.25, 0.3) is 5.65 Å². The highest BCUT2D eigenvalue weighted by atomic mass is 35.5. The second-order valence-corrected chi connectivity index (χ2v) is 4.65. The topological polar surface area (TPSA) is 89.5 Å². The average molecular weight is 333 g/mol. The van der Waals surface area contributed by atoms with Gasteiger partial charge in [-0.15, -0.1) is 12.4 Å². The van der Waals surface area contributed by atoms with Crippen molar-refractivity contribution in [1.29, 1.82) is 0 Å². The van der Waals surface area contributed by atoms with Crippen LogP contribution in [0.1, 0.15) is 15.9 Å². The number of hydrogen-bond acceptors (Lipinski definition) is 4. The van der Waals surface area contributed by atoms with Crippen LogP contribution in [0.2, 0.25) is 0 Å². The van der Waals surface area contributed by atoms with Gasteiger partial charge in [0.05, 0.1) is 13.1 Å². The Morgan fingerprint density at radius 3 is 2.77 bits per heavy atom. The molecule has 0 radical (unpaired) electrons. The van der Waals surface area contributed by atoms with Gasteiger partial charge in [-0.3, -0.25) is 14.0 Å².